The number of benzene rings is 2. The summed E-state index contributed by atoms with van der Waals surface area (Å²) in [5.74, 6) is 2.58. The number of aromatic nitrogens is 2. The van der Waals surface area contributed by atoms with Gasteiger partial charge in [0.05, 0.1) is 16.5 Å². The first kappa shape index (κ1) is 17.0. The molecule has 1 fully saturated rings. The van der Waals surface area contributed by atoms with Crippen LogP contribution in [0.5, 0.6) is 11.5 Å². The zero-order valence-electron chi connectivity index (χ0n) is 17.0. The van der Waals surface area contributed by atoms with Crippen molar-refractivity contribution in [2.75, 3.05) is 0 Å². The van der Waals surface area contributed by atoms with E-state index >= 15 is 0 Å². The van der Waals surface area contributed by atoms with E-state index in [9.17, 15) is 0 Å². The lowest BCUT2D eigenvalue weighted by molar-refractivity contribution is -0.659. The van der Waals surface area contributed by atoms with Gasteiger partial charge < -0.3 is 4.74 Å². The highest BCUT2D eigenvalue weighted by Crippen LogP contribution is 2.49. The second-order valence-electron chi connectivity index (χ2n) is 8.64. The SMILES string of the molecule is Cc1c2c(cc3ncccc13)Oc1cc(C3CCCCC3)cc3cc[n+](C)c-2c13. The lowest BCUT2D eigenvalue weighted by Gasteiger charge is -2.25. The van der Waals surface area contributed by atoms with Crippen molar-refractivity contribution in [3.05, 3.63) is 59.9 Å². The van der Waals surface area contributed by atoms with Gasteiger partial charge in [-0.2, -0.15) is 0 Å². The summed E-state index contributed by atoms with van der Waals surface area (Å²) in [7, 11) is 2.13. The van der Waals surface area contributed by atoms with Gasteiger partial charge in [0, 0.05) is 23.7 Å². The van der Waals surface area contributed by atoms with Gasteiger partial charge in [-0.1, -0.05) is 31.4 Å². The van der Waals surface area contributed by atoms with E-state index in [-0.39, 0.29) is 0 Å². The molecule has 2 aliphatic rings. The summed E-state index contributed by atoms with van der Waals surface area (Å²) in [6.45, 7) is 2.19. The Morgan fingerprint density at radius 2 is 1.90 bits per heavy atom. The molecule has 1 aliphatic heterocycles. The molecule has 29 heavy (non-hydrogen) atoms. The maximum Gasteiger partial charge on any atom is 0.228 e. The van der Waals surface area contributed by atoms with Crippen molar-refractivity contribution in [3.63, 3.8) is 0 Å². The van der Waals surface area contributed by atoms with Crippen LogP contribution >= 0.6 is 0 Å². The van der Waals surface area contributed by atoms with Crippen LogP contribution in [-0.4, -0.2) is 4.98 Å². The molecule has 3 heteroatoms. The van der Waals surface area contributed by atoms with E-state index in [1.807, 2.05) is 12.3 Å². The van der Waals surface area contributed by atoms with Crippen LogP contribution in [0.2, 0.25) is 0 Å². The van der Waals surface area contributed by atoms with E-state index < -0.39 is 0 Å². The van der Waals surface area contributed by atoms with E-state index in [4.69, 9.17) is 4.74 Å². The van der Waals surface area contributed by atoms with Gasteiger partial charge in [0.15, 0.2) is 6.20 Å². The predicted octanol–water partition coefficient (Wildman–Crippen LogP) is 6.34. The van der Waals surface area contributed by atoms with E-state index in [0.717, 1.165) is 17.0 Å². The summed E-state index contributed by atoms with van der Waals surface area (Å²) in [6.07, 6.45) is 10.7. The molecule has 6 rings (SSSR count). The minimum absolute atomic E-state index is 0.659. The Kier molecular flexibility index (Phi) is 3.67. The third kappa shape index (κ3) is 2.50. The Morgan fingerprint density at radius 3 is 2.76 bits per heavy atom. The molecule has 3 nitrogen and oxygen atoms in total. The van der Waals surface area contributed by atoms with Crippen molar-refractivity contribution in [2.45, 2.75) is 44.9 Å². The van der Waals surface area contributed by atoms with E-state index in [2.05, 4.69) is 60.1 Å². The zero-order valence-corrected chi connectivity index (χ0v) is 17.0. The van der Waals surface area contributed by atoms with Gasteiger partial charge >= 0.3 is 0 Å². The van der Waals surface area contributed by atoms with Gasteiger partial charge in [0.25, 0.3) is 0 Å². The molecule has 3 heterocycles. The molecular weight excluding hydrogens is 356 g/mol. The van der Waals surface area contributed by atoms with Crippen LogP contribution in [0.1, 0.15) is 49.1 Å². The van der Waals surface area contributed by atoms with Crippen LogP contribution in [0.4, 0.5) is 0 Å². The van der Waals surface area contributed by atoms with Gasteiger partial charge in [0.2, 0.25) is 5.69 Å². The van der Waals surface area contributed by atoms with Crippen LogP contribution in [0.3, 0.4) is 0 Å². The normalized spacial score (nSPS) is 16.1. The fraction of sp³-hybridized carbons (Fsp3) is 0.308. The van der Waals surface area contributed by atoms with E-state index in [0.29, 0.717) is 5.92 Å². The Labute approximate surface area is 171 Å². The molecule has 2 aromatic carbocycles. The maximum atomic E-state index is 6.57. The molecule has 2 aromatic heterocycles. The molecule has 4 aromatic rings. The van der Waals surface area contributed by atoms with E-state index in [1.54, 1.807) is 0 Å². The number of aryl methyl sites for hydroxylation is 2. The topological polar surface area (TPSA) is 26.0 Å². The second-order valence-corrected chi connectivity index (χ2v) is 8.64. The number of ether oxygens (including phenoxy) is 1. The third-order valence-electron chi connectivity index (χ3n) is 6.89. The summed E-state index contributed by atoms with van der Waals surface area (Å²) in [6, 6.07) is 13.2. The fourth-order valence-corrected chi connectivity index (χ4v) is 5.40. The van der Waals surface area contributed by atoms with Crippen molar-refractivity contribution in [3.8, 4) is 22.8 Å². The number of fused-ring (bicyclic) bond motifs is 3. The molecule has 0 N–H and O–H groups in total. The second kappa shape index (κ2) is 6.28. The Balaban J connectivity index is 1.65. The van der Waals surface area contributed by atoms with Crippen LogP contribution in [0, 0.1) is 6.92 Å². The fourth-order valence-electron chi connectivity index (χ4n) is 5.40. The van der Waals surface area contributed by atoms with Crippen molar-refractivity contribution in [1.82, 2.24) is 4.98 Å². The Morgan fingerprint density at radius 1 is 1.03 bits per heavy atom. The van der Waals surface area contributed by atoms with Gasteiger partial charge in [0.1, 0.15) is 18.5 Å². The third-order valence-corrected chi connectivity index (χ3v) is 6.89. The summed E-state index contributed by atoms with van der Waals surface area (Å²) < 4.78 is 8.81. The monoisotopic (exact) mass is 381 g/mol. The number of hydrogen-bond donors (Lipinski definition) is 0. The molecular formula is C26H25N2O+. The first-order valence-electron chi connectivity index (χ1n) is 10.7. The summed E-state index contributed by atoms with van der Waals surface area (Å²) in [4.78, 5) is 4.58. The Bertz CT molecular complexity index is 1290. The molecule has 0 radical (unpaired) electrons. The molecule has 0 unspecified atom stereocenters. The molecule has 0 saturated heterocycles. The van der Waals surface area contributed by atoms with Gasteiger partial charge in [-0.15, -0.1) is 0 Å². The lowest BCUT2D eigenvalue weighted by Crippen LogP contribution is -2.31. The molecule has 0 spiro atoms. The van der Waals surface area contributed by atoms with Crippen molar-refractivity contribution in [1.29, 1.82) is 0 Å². The minimum atomic E-state index is 0.659. The number of rotatable bonds is 1. The first-order chi connectivity index (χ1) is 14.2. The standard InChI is InChI=1S/C26H25N2O/c1-16-20-9-6-11-27-21(20)15-23-24(16)26-25-18(10-12-28(26)2)13-19(14-22(25)29-23)17-7-4-3-5-8-17/h6,9-15,17H,3-5,7-8H2,1-2H3/q+1. The highest BCUT2D eigenvalue weighted by atomic mass is 16.5. The molecule has 0 bridgehead atoms. The molecule has 144 valence electrons. The first-order valence-corrected chi connectivity index (χ1v) is 10.7. The molecule has 0 amide bonds. The highest BCUT2D eigenvalue weighted by Gasteiger charge is 2.31. The van der Waals surface area contributed by atoms with Crippen LogP contribution < -0.4 is 9.30 Å². The van der Waals surface area contributed by atoms with Gasteiger partial charge in [-0.05, 0) is 54.3 Å². The minimum Gasteiger partial charge on any atom is -0.455 e. The quantitative estimate of drug-likeness (QED) is 0.317. The average Bonchev–Trinajstić information content (AvgIpc) is 2.76. The summed E-state index contributed by atoms with van der Waals surface area (Å²) in [5.41, 5.74) is 6.10. The largest absolute Gasteiger partial charge is 0.455 e. The Hall–Kier alpha value is -2.94. The lowest BCUT2D eigenvalue weighted by atomic mass is 9.82. The average molecular weight is 381 g/mol. The molecule has 1 aliphatic carbocycles. The number of hydrogen-bond acceptors (Lipinski definition) is 2. The molecule has 1 saturated carbocycles. The van der Waals surface area contributed by atoms with Gasteiger partial charge in [-0.25, -0.2) is 4.57 Å². The van der Waals surface area contributed by atoms with Crippen LogP contribution in [-0.2, 0) is 7.05 Å². The summed E-state index contributed by atoms with van der Waals surface area (Å²) >= 11 is 0. The molecule has 0 atom stereocenters. The highest BCUT2D eigenvalue weighted by molar-refractivity contribution is 6.04. The van der Waals surface area contributed by atoms with Crippen molar-refractivity contribution >= 4 is 21.7 Å². The zero-order chi connectivity index (χ0) is 19.5. The maximum absolute atomic E-state index is 6.57. The van der Waals surface area contributed by atoms with E-state index in [1.165, 1.54) is 70.6 Å². The van der Waals surface area contributed by atoms with Crippen LogP contribution in [0.25, 0.3) is 32.9 Å². The van der Waals surface area contributed by atoms with Crippen LogP contribution in [0.15, 0.2) is 48.8 Å². The number of nitrogens with zero attached hydrogens (tertiary/aromatic N) is 2. The number of pyridine rings is 2. The predicted molar refractivity (Wildman–Crippen MR) is 116 cm³/mol. The summed E-state index contributed by atoms with van der Waals surface area (Å²) in [5, 5.41) is 3.70. The van der Waals surface area contributed by atoms with Crippen molar-refractivity contribution < 1.29 is 9.30 Å². The smallest absolute Gasteiger partial charge is 0.228 e. The van der Waals surface area contributed by atoms with Crippen molar-refractivity contribution in [2.24, 2.45) is 7.05 Å². The van der Waals surface area contributed by atoms with Gasteiger partial charge in [-0.3, -0.25) is 4.98 Å².